The topological polar surface area (TPSA) is 278 Å². The highest BCUT2D eigenvalue weighted by Crippen LogP contribution is 2.31. The lowest BCUT2D eigenvalue weighted by atomic mass is 9.97. The van der Waals surface area contributed by atoms with Gasteiger partial charge >= 0.3 is 0 Å². The molecule has 246 valence electrons. The molecule has 0 spiro atoms. The van der Waals surface area contributed by atoms with Gasteiger partial charge in [0.2, 0.25) is 0 Å². The van der Waals surface area contributed by atoms with Crippen LogP contribution in [-0.2, 0) is 34.8 Å². The summed E-state index contributed by atoms with van der Waals surface area (Å²) in [5.41, 5.74) is 0.566. The van der Waals surface area contributed by atoms with Crippen LogP contribution < -0.4 is 0 Å². The summed E-state index contributed by atoms with van der Waals surface area (Å²) in [5.74, 6) is -0.660. The van der Waals surface area contributed by atoms with E-state index in [2.05, 4.69) is 0 Å². The minimum absolute atomic E-state index is 0.0977. The summed E-state index contributed by atoms with van der Waals surface area (Å²) in [6.07, 6.45) is -23.1. The van der Waals surface area contributed by atoms with Crippen molar-refractivity contribution in [3.05, 3.63) is 23.8 Å². The van der Waals surface area contributed by atoms with Crippen molar-refractivity contribution in [1.82, 2.24) is 0 Å². The number of hydrogen-bond donors (Lipinski definition) is 11. The number of rotatable bonds is 10. The van der Waals surface area contributed by atoms with Crippen molar-refractivity contribution in [2.45, 2.75) is 105 Å². The summed E-state index contributed by atoms with van der Waals surface area (Å²) in [6, 6.07) is 4.13. The first-order chi connectivity index (χ1) is 20.3. The molecule has 3 aliphatic rings. The fraction of sp³-hybridized carbons (Fsp3) is 0.769. The summed E-state index contributed by atoms with van der Waals surface area (Å²) in [7, 11) is 0. The van der Waals surface area contributed by atoms with Gasteiger partial charge in [-0.25, -0.2) is 0 Å². The Hall–Kier alpha value is -1.78. The molecule has 17 nitrogen and oxygen atoms in total. The second kappa shape index (κ2) is 14.5. The fourth-order valence-electron chi connectivity index (χ4n) is 5.03. The molecule has 43 heavy (non-hydrogen) atoms. The molecule has 0 saturated carbocycles. The monoisotopic (exact) mass is 624 g/mol. The van der Waals surface area contributed by atoms with Crippen molar-refractivity contribution in [3.8, 4) is 11.5 Å². The molecule has 17 heteroatoms. The SMILES string of the molecule is C[C@@H]1O[C@@H](O[C@@H]2[C@@H](O)[C@H](OCCc3ccc(O)c(O)c3)O[C@H](CO[C@@H]3O[C@H](CO)[C@@H](O)[C@H](O)[C@H]3O)[C@H]2O)[C@H](O)[C@H](O)[C@H]1O. The molecule has 0 unspecified atom stereocenters. The Morgan fingerprint density at radius 2 is 1.28 bits per heavy atom. The number of aliphatic hydroxyl groups is 9. The normalized spacial score (nSPS) is 43.9. The van der Waals surface area contributed by atoms with Gasteiger partial charge in [0, 0.05) is 0 Å². The number of hydrogen-bond acceptors (Lipinski definition) is 17. The van der Waals surface area contributed by atoms with E-state index < -0.39 is 105 Å². The maximum absolute atomic E-state index is 11.1. The molecule has 0 aromatic heterocycles. The lowest BCUT2D eigenvalue weighted by Crippen LogP contribution is -2.64. The van der Waals surface area contributed by atoms with E-state index in [1.54, 1.807) is 0 Å². The van der Waals surface area contributed by atoms with Gasteiger partial charge in [0.15, 0.2) is 30.4 Å². The van der Waals surface area contributed by atoms with Crippen LogP contribution >= 0.6 is 0 Å². The zero-order valence-corrected chi connectivity index (χ0v) is 23.1. The molecule has 11 N–H and O–H groups in total. The summed E-state index contributed by atoms with van der Waals surface area (Å²) < 4.78 is 33.3. The Bertz CT molecular complexity index is 1030. The van der Waals surface area contributed by atoms with Crippen LogP contribution in [0.3, 0.4) is 0 Å². The molecule has 4 rings (SSSR count). The molecule has 3 aliphatic heterocycles. The molecule has 0 amide bonds. The number of phenols is 2. The summed E-state index contributed by atoms with van der Waals surface area (Å²) in [4.78, 5) is 0. The minimum atomic E-state index is -1.76. The van der Waals surface area contributed by atoms with Crippen LogP contribution in [0.4, 0.5) is 0 Å². The van der Waals surface area contributed by atoms with Crippen molar-refractivity contribution in [1.29, 1.82) is 0 Å². The van der Waals surface area contributed by atoms with E-state index in [1.165, 1.54) is 25.1 Å². The maximum Gasteiger partial charge on any atom is 0.187 e. The second-order valence-corrected chi connectivity index (χ2v) is 10.8. The molecule has 15 atom stereocenters. The second-order valence-electron chi connectivity index (χ2n) is 10.8. The molecule has 1 aromatic carbocycles. The van der Waals surface area contributed by atoms with Gasteiger partial charge in [0.1, 0.15) is 67.1 Å². The number of ether oxygens (including phenoxy) is 6. The quantitative estimate of drug-likeness (QED) is 0.109. The number of aromatic hydroxyl groups is 2. The Morgan fingerprint density at radius 3 is 1.95 bits per heavy atom. The fourth-order valence-corrected chi connectivity index (χ4v) is 5.03. The first-order valence-electron chi connectivity index (χ1n) is 13.7. The lowest BCUT2D eigenvalue weighted by molar-refractivity contribution is -0.363. The summed E-state index contributed by atoms with van der Waals surface area (Å²) in [6.45, 7) is 0.0531. The number of phenolic OH excluding ortho intramolecular Hbond substituents is 2. The van der Waals surface area contributed by atoms with Crippen LogP contribution in [0.25, 0.3) is 0 Å². The van der Waals surface area contributed by atoms with Gasteiger partial charge in [-0.2, -0.15) is 0 Å². The highest BCUT2D eigenvalue weighted by atomic mass is 16.7. The van der Waals surface area contributed by atoms with E-state index in [0.29, 0.717) is 5.56 Å². The smallest absolute Gasteiger partial charge is 0.187 e. The van der Waals surface area contributed by atoms with Gasteiger partial charge in [-0.3, -0.25) is 0 Å². The first-order valence-corrected chi connectivity index (χ1v) is 13.7. The van der Waals surface area contributed by atoms with E-state index in [4.69, 9.17) is 28.4 Å². The van der Waals surface area contributed by atoms with Crippen LogP contribution in [-0.4, -0.2) is 168 Å². The lowest BCUT2D eigenvalue weighted by Gasteiger charge is -2.46. The van der Waals surface area contributed by atoms with Gasteiger partial charge in [0.05, 0.1) is 25.9 Å². The third-order valence-electron chi connectivity index (χ3n) is 7.73. The Kier molecular flexibility index (Phi) is 11.5. The van der Waals surface area contributed by atoms with Gasteiger partial charge in [-0.1, -0.05) is 6.07 Å². The highest BCUT2D eigenvalue weighted by molar-refractivity contribution is 5.40. The standard InChI is InChI=1S/C26H40O17/c1-9-15(30)18(33)21(36)26(40-9)43-23-17(32)14(8-39-24-20(35)19(34)16(31)13(7-27)41-24)42-25(22(23)37)38-5-4-10-2-3-11(28)12(29)6-10/h2-3,6,9,13-37H,4-5,7-8H2,1H3/t9-,13+,14+,15-,16+,17+,18+,19-,20+,21+,22+,23-,24+,25+,26-/m0/s1. The zero-order chi connectivity index (χ0) is 31.6. The molecule has 3 heterocycles. The molecule has 0 aliphatic carbocycles. The largest absolute Gasteiger partial charge is 0.504 e. The van der Waals surface area contributed by atoms with Crippen molar-refractivity contribution < 1.29 is 84.6 Å². The summed E-state index contributed by atoms with van der Waals surface area (Å²) in [5, 5.41) is 112. The Morgan fingerprint density at radius 1 is 0.651 bits per heavy atom. The molecule has 0 radical (unpaired) electrons. The molecule has 3 fully saturated rings. The van der Waals surface area contributed by atoms with Crippen LogP contribution in [0.15, 0.2) is 18.2 Å². The van der Waals surface area contributed by atoms with Crippen molar-refractivity contribution in [3.63, 3.8) is 0 Å². The summed E-state index contributed by atoms with van der Waals surface area (Å²) >= 11 is 0. The van der Waals surface area contributed by atoms with E-state index in [-0.39, 0.29) is 24.5 Å². The molecular formula is C26H40O17. The van der Waals surface area contributed by atoms with Crippen LogP contribution in [0, 0.1) is 0 Å². The zero-order valence-electron chi connectivity index (χ0n) is 23.1. The van der Waals surface area contributed by atoms with Crippen LogP contribution in [0.5, 0.6) is 11.5 Å². The average molecular weight is 625 g/mol. The van der Waals surface area contributed by atoms with Crippen molar-refractivity contribution in [2.75, 3.05) is 19.8 Å². The van der Waals surface area contributed by atoms with Gasteiger partial charge < -0.3 is 84.6 Å². The number of aliphatic hydroxyl groups excluding tert-OH is 9. The first kappa shape index (κ1) is 34.1. The third kappa shape index (κ3) is 7.55. The number of benzene rings is 1. The van der Waals surface area contributed by atoms with E-state index >= 15 is 0 Å². The Balaban J connectivity index is 1.47. The molecule has 0 bridgehead atoms. The van der Waals surface area contributed by atoms with Gasteiger partial charge in [0.25, 0.3) is 0 Å². The average Bonchev–Trinajstić information content (AvgIpc) is 2.98. The highest BCUT2D eigenvalue weighted by Gasteiger charge is 2.51. The van der Waals surface area contributed by atoms with Gasteiger partial charge in [-0.15, -0.1) is 0 Å². The van der Waals surface area contributed by atoms with Crippen LogP contribution in [0.2, 0.25) is 0 Å². The van der Waals surface area contributed by atoms with E-state index in [1.807, 2.05) is 0 Å². The minimum Gasteiger partial charge on any atom is -0.504 e. The predicted octanol–water partition coefficient (Wildman–Crippen LogP) is -4.87. The molecule has 3 saturated heterocycles. The van der Waals surface area contributed by atoms with E-state index in [0.717, 1.165) is 0 Å². The van der Waals surface area contributed by atoms with E-state index in [9.17, 15) is 56.2 Å². The third-order valence-corrected chi connectivity index (χ3v) is 7.73. The maximum atomic E-state index is 11.1. The van der Waals surface area contributed by atoms with Gasteiger partial charge in [-0.05, 0) is 31.0 Å². The van der Waals surface area contributed by atoms with Crippen molar-refractivity contribution in [2.24, 2.45) is 0 Å². The van der Waals surface area contributed by atoms with Crippen LogP contribution in [0.1, 0.15) is 12.5 Å². The van der Waals surface area contributed by atoms with Crippen molar-refractivity contribution >= 4 is 0 Å². The molecule has 1 aromatic rings. The predicted molar refractivity (Wildman–Crippen MR) is 137 cm³/mol. The molecular weight excluding hydrogens is 584 g/mol. The Labute approximate surface area is 245 Å².